The van der Waals surface area contributed by atoms with E-state index in [1.165, 1.54) is 6.07 Å². The van der Waals surface area contributed by atoms with E-state index >= 15 is 0 Å². The van der Waals surface area contributed by atoms with Crippen LogP contribution in [-0.4, -0.2) is 67.9 Å². The van der Waals surface area contributed by atoms with Gasteiger partial charge < -0.3 is 9.64 Å². The van der Waals surface area contributed by atoms with Gasteiger partial charge in [-0.25, -0.2) is 22.8 Å². The van der Waals surface area contributed by atoms with Crippen molar-refractivity contribution < 1.29 is 17.5 Å². The van der Waals surface area contributed by atoms with Gasteiger partial charge in [0, 0.05) is 56.0 Å². The van der Waals surface area contributed by atoms with Gasteiger partial charge in [0.25, 0.3) is 0 Å². The van der Waals surface area contributed by atoms with Gasteiger partial charge >= 0.3 is 0 Å². The molecule has 1 aromatic heterocycles. The average Bonchev–Trinajstić information content (AvgIpc) is 3.15. The van der Waals surface area contributed by atoms with Crippen molar-refractivity contribution in [1.29, 1.82) is 0 Å². The molecule has 0 radical (unpaired) electrons. The van der Waals surface area contributed by atoms with Crippen molar-refractivity contribution in [2.24, 2.45) is 0 Å². The summed E-state index contributed by atoms with van der Waals surface area (Å²) in [6.07, 6.45) is 1.67. The van der Waals surface area contributed by atoms with Crippen molar-refractivity contribution in [2.75, 3.05) is 44.3 Å². The van der Waals surface area contributed by atoms with E-state index in [-0.39, 0.29) is 17.5 Å². The van der Waals surface area contributed by atoms with E-state index in [1.54, 1.807) is 24.4 Å². The fourth-order valence-corrected chi connectivity index (χ4v) is 6.58. The Morgan fingerprint density at radius 3 is 2.76 bits per heavy atom. The lowest BCUT2D eigenvalue weighted by Gasteiger charge is -2.30. The van der Waals surface area contributed by atoms with Crippen molar-refractivity contribution in [2.45, 2.75) is 23.5 Å². The SMILES string of the molecule is O=S1(=O)Cc2cnc(N3CCOCC3)nc2[C@@H]2CN(Cc3ccccc3F)C[C@@H]21. The highest BCUT2D eigenvalue weighted by Gasteiger charge is 2.47. The van der Waals surface area contributed by atoms with Crippen molar-refractivity contribution in [3.8, 4) is 0 Å². The minimum atomic E-state index is -3.30. The van der Waals surface area contributed by atoms with E-state index in [9.17, 15) is 12.8 Å². The molecule has 154 valence electrons. The Morgan fingerprint density at radius 2 is 1.97 bits per heavy atom. The van der Waals surface area contributed by atoms with Gasteiger partial charge in [-0.1, -0.05) is 18.2 Å². The first-order valence-electron chi connectivity index (χ1n) is 9.87. The first-order chi connectivity index (χ1) is 14.0. The Kier molecular flexibility index (Phi) is 4.76. The first-order valence-corrected chi connectivity index (χ1v) is 11.6. The maximum absolute atomic E-state index is 14.1. The number of likely N-dealkylation sites (tertiary alicyclic amines) is 1. The second-order valence-electron chi connectivity index (χ2n) is 7.92. The maximum Gasteiger partial charge on any atom is 0.225 e. The van der Waals surface area contributed by atoms with Crippen LogP contribution in [0.5, 0.6) is 0 Å². The fourth-order valence-electron chi connectivity index (χ4n) is 4.56. The van der Waals surface area contributed by atoms with E-state index in [2.05, 4.69) is 9.88 Å². The summed E-state index contributed by atoms with van der Waals surface area (Å²) in [7, 11) is -3.30. The number of hydrogen-bond donors (Lipinski definition) is 0. The Balaban J connectivity index is 1.44. The highest BCUT2D eigenvalue weighted by atomic mass is 32.2. The molecule has 0 aliphatic carbocycles. The molecule has 2 fully saturated rings. The Morgan fingerprint density at radius 1 is 1.17 bits per heavy atom. The summed E-state index contributed by atoms with van der Waals surface area (Å²) in [5.41, 5.74) is 2.11. The largest absolute Gasteiger partial charge is 0.378 e. The third-order valence-corrected chi connectivity index (χ3v) is 8.16. The first kappa shape index (κ1) is 18.9. The van der Waals surface area contributed by atoms with Gasteiger partial charge in [0.2, 0.25) is 5.95 Å². The predicted octanol–water partition coefficient (Wildman–Crippen LogP) is 1.35. The standard InChI is InChI=1S/C20H23FN4O3S/c21-17-4-2-1-3-14(17)10-24-11-16-18(12-24)29(26,27)13-15-9-22-20(23-19(15)16)25-5-7-28-8-6-25/h1-4,9,16,18H,5-8,10-13H2/t16-,18+/m1/s1. The second kappa shape index (κ2) is 7.30. The Hall–Kier alpha value is -2.10. The molecule has 2 atom stereocenters. The lowest BCUT2D eigenvalue weighted by Crippen LogP contribution is -2.39. The van der Waals surface area contributed by atoms with Gasteiger partial charge in [0.15, 0.2) is 9.84 Å². The van der Waals surface area contributed by atoms with E-state index in [0.29, 0.717) is 49.9 Å². The van der Waals surface area contributed by atoms with E-state index in [1.807, 2.05) is 4.90 Å². The number of morpholine rings is 1. The number of nitrogens with zero attached hydrogens (tertiary/aromatic N) is 4. The molecular weight excluding hydrogens is 395 g/mol. The van der Waals surface area contributed by atoms with Crippen LogP contribution < -0.4 is 4.90 Å². The van der Waals surface area contributed by atoms with Crippen LogP contribution in [0.15, 0.2) is 30.5 Å². The number of rotatable bonds is 3. The summed E-state index contributed by atoms with van der Waals surface area (Å²) in [5.74, 6) is 0.138. The van der Waals surface area contributed by atoms with Gasteiger partial charge in [0.1, 0.15) is 5.82 Å². The fraction of sp³-hybridized carbons (Fsp3) is 0.500. The summed E-state index contributed by atoms with van der Waals surface area (Å²) < 4.78 is 45.3. The van der Waals surface area contributed by atoms with Gasteiger partial charge in [-0.05, 0) is 6.07 Å². The molecule has 1 aromatic carbocycles. The number of halogens is 1. The monoisotopic (exact) mass is 418 g/mol. The van der Waals surface area contributed by atoms with Gasteiger partial charge in [-0.2, -0.15) is 0 Å². The van der Waals surface area contributed by atoms with Crippen LogP contribution >= 0.6 is 0 Å². The van der Waals surface area contributed by atoms with Crippen LogP contribution in [0.2, 0.25) is 0 Å². The Labute approximate surface area is 169 Å². The van der Waals surface area contributed by atoms with Crippen LogP contribution in [0, 0.1) is 5.82 Å². The molecule has 3 aliphatic rings. The molecule has 0 N–H and O–H groups in total. The van der Waals surface area contributed by atoms with Crippen LogP contribution in [0.1, 0.15) is 22.7 Å². The Bertz CT molecular complexity index is 1030. The van der Waals surface area contributed by atoms with Crippen LogP contribution in [0.4, 0.5) is 10.3 Å². The molecule has 0 saturated carbocycles. The lowest BCUT2D eigenvalue weighted by atomic mass is 10.00. The van der Waals surface area contributed by atoms with Crippen molar-refractivity contribution >= 4 is 15.8 Å². The smallest absolute Gasteiger partial charge is 0.225 e. The molecule has 3 aliphatic heterocycles. The highest BCUT2D eigenvalue weighted by molar-refractivity contribution is 7.91. The van der Waals surface area contributed by atoms with Crippen molar-refractivity contribution in [1.82, 2.24) is 14.9 Å². The van der Waals surface area contributed by atoms with Crippen molar-refractivity contribution in [3.63, 3.8) is 0 Å². The summed E-state index contributed by atoms with van der Waals surface area (Å²) in [6.45, 7) is 4.07. The van der Waals surface area contributed by atoms with Gasteiger partial charge in [-0.15, -0.1) is 0 Å². The topological polar surface area (TPSA) is 75.6 Å². The molecular formula is C20H23FN4O3S. The molecule has 29 heavy (non-hydrogen) atoms. The molecule has 0 amide bonds. The zero-order valence-corrected chi connectivity index (χ0v) is 16.8. The van der Waals surface area contributed by atoms with Crippen LogP contribution in [-0.2, 0) is 26.9 Å². The van der Waals surface area contributed by atoms with Gasteiger partial charge in [-0.3, -0.25) is 4.90 Å². The van der Waals surface area contributed by atoms with Crippen LogP contribution in [0.25, 0.3) is 0 Å². The maximum atomic E-state index is 14.1. The zero-order valence-electron chi connectivity index (χ0n) is 16.0. The lowest BCUT2D eigenvalue weighted by molar-refractivity contribution is 0.122. The molecule has 2 saturated heterocycles. The molecule has 0 bridgehead atoms. The molecule has 7 nitrogen and oxygen atoms in total. The molecule has 0 unspecified atom stereocenters. The normalized spacial score (nSPS) is 26.2. The summed E-state index contributed by atoms with van der Waals surface area (Å²) in [5, 5.41) is -0.505. The number of anilines is 1. The summed E-state index contributed by atoms with van der Waals surface area (Å²) in [4.78, 5) is 13.3. The molecule has 5 rings (SSSR count). The summed E-state index contributed by atoms with van der Waals surface area (Å²) >= 11 is 0. The number of hydrogen-bond acceptors (Lipinski definition) is 7. The number of sulfone groups is 1. The zero-order chi connectivity index (χ0) is 20.0. The second-order valence-corrected chi connectivity index (χ2v) is 10.1. The van der Waals surface area contributed by atoms with E-state index < -0.39 is 15.1 Å². The number of aromatic nitrogens is 2. The number of fused-ring (bicyclic) bond motifs is 3. The third-order valence-electron chi connectivity index (χ3n) is 6.04. The van der Waals surface area contributed by atoms with E-state index in [0.717, 1.165) is 18.8 Å². The number of benzene rings is 1. The van der Waals surface area contributed by atoms with Gasteiger partial charge in [0.05, 0.1) is 29.9 Å². The molecule has 2 aromatic rings. The minimum absolute atomic E-state index is 0.0274. The quantitative estimate of drug-likeness (QED) is 0.745. The minimum Gasteiger partial charge on any atom is -0.378 e. The summed E-state index contributed by atoms with van der Waals surface area (Å²) in [6, 6.07) is 6.65. The molecule has 4 heterocycles. The molecule has 9 heteroatoms. The van der Waals surface area contributed by atoms with E-state index in [4.69, 9.17) is 9.72 Å². The third kappa shape index (κ3) is 3.51. The predicted molar refractivity (Wildman–Crippen MR) is 106 cm³/mol. The highest BCUT2D eigenvalue weighted by Crippen LogP contribution is 2.40. The number of ether oxygens (including phenoxy) is 1. The van der Waals surface area contributed by atoms with Crippen LogP contribution in [0.3, 0.4) is 0 Å². The van der Waals surface area contributed by atoms with Crippen molar-refractivity contribution in [3.05, 3.63) is 53.1 Å². The average molecular weight is 418 g/mol. The molecule has 0 spiro atoms.